The number of imide groups is 1. The Morgan fingerprint density at radius 3 is 1.90 bits per heavy atom. The van der Waals surface area contributed by atoms with E-state index in [1.165, 1.54) is 36.4 Å². The maximum atomic E-state index is 13.1. The number of amides is 3. The quantitative estimate of drug-likeness (QED) is 0.288. The molecule has 9 nitrogen and oxygen atoms in total. The number of anilines is 2. The van der Waals surface area contributed by atoms with Gasteiger partial charge in [0.15, 0.2) is 6.61 Å². The van der Waals surface area contributed by atoms with Gasteiger partial charge in [0.2, 0.25) is 11.8 Å². The largest absolute Gasteiger partial charge is 0.462 e. The molecule has 2 aromatic rings. The van der Waals surface area contributed by atoms with E-state index in [2.05, 4.69) is 5.32 Å². The molecule has 3 aliphatic rings. The molecule has 0 spiro atoms. The van der Waals surface area contributed by atoms with Gasteiger partial charge in [0.05, 0.1) is 46.0 Å². The summed E-state index contributed by atoms with van der Waals surface area (Å²) in [6, 6.07) is 12.0. The number of halogens is 2. The summed E-state index contributed by atoms with van der Waals surface area (Å²) in [6.45, 7) is 1.69. The van der Waals surface area contributed by atoms with Crippen LogP contribution >= 0.6 is 23.2 Å². The molecule has 0 radical (unpaired) electrons. The maximum Gasteiger partial charge on any atom is 0.338 e. The monoisotopic (exact) mass is 572 g/mol. The molecule has 2 saturated carbocycles. The van der Waals surface area contributed by atoms with Crippen molar-refractivity contribution in [3.8, 4) is 0 Å². The van der Waals surface area contributed by atoms with Crippen molar-refractivity contribution in [3.05, 3.63) is 59.7 Å². The van der Waals surface area contributed by atoms with Gasteiger partial charge in [0, 0.05) is 5.69 Å². The number of alkyl halides is 2. The first-order chi connectivity index (χ1) is 18.7. The van der Waals surface area contributed by atoms with Crippen molar-refractivity contribution in [1.82, 2.24) is 0 Å². The number of fused-ring (bicyclic) bond motifs is 5. The number of hydrogen-bond donors (Lipinski definition) is 1. The van der Waals surface area contributed by atoms with Gasteiger partial charge in [-0.05, 0) is 73.2 Å². The number of hydrogen-bond acceptors (Lipinski definition) is 7. The van der Waals surface area contributed by atoms with Crippen LogP contribution in [0.2, 0.25) is 0 Å². The highest BCUT2D eigenvalue weighted by Gasteiger charge is 2.66. The lowest BCUT2D eigenvalue weighted by molar-refractivity contribution is -0.123. The Hall–Kier alpha value is -3.43. The first-order valence-corrected chi connectivity index (χ1v) is 13.6. The number of benzene rings is 2. The van der Waals surface area contributed by atoms with E-state index in [1.807, 2.05) is 6.92 Å². The lowest BCUT2D eigenvalue weighted by Crippen LogP contribution is -2.37. The number of nitrogens with zero attached hydrogens (tertiary/aromatic N) is 1. The fourth-order valence-corrected chi connectivity index (χ4v) is 6.62. The molecule has 204 valence electrons. The Morgan fingerprint density at radius 2 is 1.36 bits per heavy atom. The minimum absolute atomic E-state index is 0.119. The van der Waals surface area contributed by atoms with Gasteiger partial charge in [0.25, 0.3) is 5.91 Å². The van der Waals surface area contributed by atoms with Gasteiger partial charge in [0.1, 0.15) is 0 Å². The van der Waals surface area contributed by atoms with Crippen LogP contribution in [-0.4, -0.2) is 53.6 Å². The van der Waals surface area contributed by atoms with Gasteiger partial charge in [-0.1, -0.05) is 6.92 Å². The zero-order valence-electron chi connectivity index (χ0n) is 21.0. The minimum Gasteiger partial charge on any atom is -0.462 e. The van der Waals surface area contributed by atoms with Crippen molar-refractivity contribution < 1.29 is 33.4 Å². The van der Waals surface area contributed by atoms with E-state index >= 15 is 0 Å². The third-order valence-electron chi connectivity index (χ3n) is 7.52. The normalized spacial score (nSPS) is 26.9. The molecule has 0 aromatic heterocycles. The van der Waals surface area contributed by atoms with Crippen LogP contribution < -0.4 is 10.2 Å². The number of ether oxygens (including phenoxy) is 2. The summed E-state index contributed by atoms with van der Waals surface area (Å²) >= 11 is 12.8. The van der Waals surface area contributed by atoms with Crippen LogP contribution in [0.15, 0.2) is 48.5 Å². The highest BCUT2D eigenvalue weighted by molar-refractivity contribution is 6.32. The first-order valence-electron chi connectivity index (χ1n) is 12.7. The Balaban J connectivity index is 1.15. The van der Waals surface area contributed by atoms with Gasteiger partial charge in [-0.15, -0.1) is 23.2 Å². The van der Waals surface area contributed by atoms with Crippen molar-refractivity contribution >= 4 is 64.2 Å². The predicted octanol–water partition coefficient (Wildman–Crippen LogP) is 4.02. The fourth-order valence-electron chi connectivity index (χ4n) is 5.73. The third-order valence-corrected chi connectivity index (χ3v) is 8.84. The second kappa shape index (κ2) is 11.0. The van der Waals surface area contributed by atoms with E-state index in [4.69, 9.17) is 32.7 Å². The minimum atomic E-state index is -0.741. The number of carbonyl (C=O) groups excluding carboxylic acids is 5. The molecule has 5 rings (SSSR count). The molecule has 2 aromatic carbocycles. The SMILES string of the molecule is CCCOC(=O)c1ccc(NC(=O)COC(=O)c2ccc(N3C(=O)[C@@H]4[C@H]5C[C@@H]([C@@H](Cl)[C@H]5Cl)[C@H]4C3=O)cc2)cc1. The molecule has 1 saturated heterocycles. The van der Waals surface area contributed by atoms with Crippen LogP contribution in [0.25, 0.3) is 0 Å². The first kappa shape index (κ1) is 27.1. The van der Waals surface area contributed by atoms with Crippen molar-refractivity contribution in [1.29, 1.82) is 0 Å². The van der Waals surface area contributed by atoms with Crippen LogP contribution in [-0.2, 0) is 23.9 Å². The number of nitrogens with one attached hydrogen (secondary N) is 1. The summed E-state index contributed by atoms with van der Waals surface area (Å²) in [6.07, 6.45) is 1.40. The van der Waals surface area contributed by atoms with Crippen molar-refractivity contribution in [2.75, 3.05) is 23.4 Å². The molecule has 2 aliphatic carbocycles. The Kier molecular flexibility index (Phi) is 7.64. The molecule has 39 heavy (non-hydrogen) atoms. The molecule has 0 unspecified atom stereocenters. The second-order valence-electron chi connectivity index (χ2n) is 9.90. The summed E-state index contributed by atoms with van der Waals surface area (Å²) in [5.74, 6) is -3.49. The molecule has 1 aliphatic heterocycles. The Bertz CT molecular complexity index is 1280. The van der Waals surface area contributed by atoms with Crippen LogP contribution in [0.1, 0.15) is 40.5 Å². The van der Waals surface area contributed by atoms with Crippen LogP contribution in [0.5, 0.6) is 0 Å². The van der Waals surface area contributed by atoms with Crippen LogP contribution in [0, 0.1) is 23.7 Å². The molecule has 3 fully saturated rings. The average Bonchev–Trinajstić information content (AvgIpc) is 3.55. The van der Waals surface area contributed by atoms with E-state index in [1.54, 1.807) is 12.1 Å². The Morgan fingerprint density at radius 1 is 0.846 bits per heavy atom. The van der Waals surface area contributed by atoms with E-state index in [0.717, 1.165) is 4.90 Å². The number of carbonyl (C=O) groups is 5. The standard InChI is InChI=1S/C28H26Cl2N2O7/c1-2-11-38-27(36)14-3-7-16(8-4-14)31-20(33)13-39-28(37)15-5-9-17(10-6-15)32-25(34)21-18-12-19(22(21)26(32)35)24(30)23(18)29/h3-10,18-19,21-24H,2,11-13H2,1H3,(H,31,33)/t18-,19-,21-,22-,23-,24+/m1/s1. The maximum absolute atomic E-state index is 13.1. The van der Waals surface area contributed by atoms with Crippen molar-refractivity contribution in [3.63, 3.8) is 0 Å². The molecule has 1 N–H and O–H groups in total. The zero-order chi connectivity index (χ0) is 27.8. The summed E-state index contributed by atoms with van der Waals surface area (Å²) in [7, 11) is 0. The second-order valence-corrected chi connectivity index (χ2v) is 10.9. The molecule has 3 amide bonds. The number of rotatable bonds is 8. The summed E-state index contributed by atoms with van der Waals surface area (Å²) in [4.78, 5) is 64.0. The van der Waals surface area contributed by atoms with E-state index in [0.29, 0.717) is 36.4 Å². The van der Waals surface area contributed by atoms with E-state index < -0.39 is 36.3 Å². The third kappa shape index (κ3) is 5.01. The molecule has 6 atom stereocenters. The lowest BCUT2D eigenvalue weighted by atomic mass is 9.80. The summed E-state index contributed by atoms with van der Waals surface area (Å²) in [5.41, 5.74) is 1.29. The highest BCUT2D eigenvalue weighted by Crippen LogP contribution is 2.59. The number of esters is 2. The smallest absolute Gasteiger partial charge is 0.338 e. The molecular formula is C28H26Cl2N2O7. The van der Waals surface area contributed by atoms with E-state index in [-0.39, 0.29) is 40.0 Å². The van der Waals surface area contributed by atoms with Gasteiger partial charge in [-0.3, -0.25) is 19.3 Å². The van der Waals surface area contributed by atoms with Gasteiger partial charge >= 0.3 is 11.9 Å². The average molecular weight is 573 g/mol. The Labute approximate surface area is 234 Å². The van der Waals surface area contributed by atoms with Crippen LogP contribution in [0.3, 0.4) is 0 Å². The van der Waals surface area contributed by atoms with Gasteiger partial charge < -0.3 is 14.8 Å². The molecule has 11 heteroatoms. The van der Waals surface area contributed by atoms with Gasteiger partial charge in [-0.25, -0.2) is 9.59 Å². The molecule has 1 heterocycles. The van der Waals surface area contributed by atoms with Crippen LogP contribution in [0.4, 0.5) is 11.4 Å². The topological polar surface area (TPSA) is 119 Å². The lowest BCUT2D eigenvalue weighted by Gasteiger charge is -2.28. The highest BCUT2D eigenvalue weighted by atomic mass is 35.5. The summed E-state index contributed by atoms with van der Waals surface area (Å²) < 4.78 is 10.2. The summed E-state index contributed by atoms with van der Waals surface area (Å²) in [5, 5.41) is 1.91. The fraction of sp³-hybridized carbons (Fsp3) is 0.393. The van der Waals surface area contributed by atoms with Crippen molar-refractivity contribution in [2.24, 2.45) is 23.7 Å². The van der Waals surface area contributed by atoms with Crippen molar-refractivity contribution in [2.45, 2.75) is 30.5 Å². The zero-order valence-corrected chi connectivity index (χ0v) is 22.5. The van der Waals surface area contributed by atoms with Gasteiger partial charge in [-0.2, -0.15) is 0 Å². The molecule has 2 bridgehead atoms. The molecular weight excluding hydrogens is 547 g/mol. The predicted molar refractivity (Wildman–Crippen MR) is 143 cm³/mol. The van der Waals surface area contributed by atoms with E-state index in [9.17, 15) is 24.0 Å².